The Labute approximate surface area is 161 Å². The van der Waals surface area contributed by atoms with Gasteiger partial charge in [0.25, 0.3) is 10.1 Å². The van der Waals surface area contributed by atoms with Gasteiger partial charge >= 0.3 is 0 Å². The normalized spacial score (nSPS) is 25.7. The Kier molecular flexibility index (Phi) is 5.28. The van der Waals surface area contributed by atoms with Crippen LogP contribution in [0.1, 0.15) is 33.1 Å². The van der Waals surface area contributed by atoms with Crippen LogP contribution in [0.3, 0.4) is 0 Å². The van der Waals surface area contributed by atoms with Gasteiger partial charge in [-0.1, -0.05) is 74.5 Å². The van der Waals surface area contributed by atoms with E-state index < -0.39 is 21.3 Å². The zero-order valence-corrected chi connectivity index (χ0v) is 16.6. The van der Waals surface area contributed by atoms with E-state index in [1.165, 1.54) is 11.1 Å². The maximum Gasteiger partial charge on any atom is 0.265 e. The fraction of sp³-hybridized carbons (Fsp3) is 0.409. The molecule has 0 saturated heterocycles. The quantitative estimate of drug-likeness (QED) is 0.781. The third-order valence-corrected chi connectivity index (χ3v) is 7.31. The molecule has 0 heterocycles. The van der Waals surface area contributed by atoms with Crippen LogP contribution in [0.5, 0.6) is 0 Å². The summed E-state index contributed by atoms with van der Waals surface area (Å²) in [6.07, 6.45) is 1.97. The first-order valence-corrected chi connectivity index (χ1v) is 10.9. The highest BCUT2D eigenvalue weighted by Crippen LogP contribution is 2.64. The Balaban J connectivity index is 0.000000159. The van der Waals surface area contributed by atoms with Crippen LogP contribution >= 0.6 is 0 Å². The molecule has 0 aromatic heterocycles. The number of fused-ring (bicyclic) bond motifs is 2. The minimum absolute atomic E-state index is 0.0152. The average Bonchev–Trinajstić information content (AvgIpc) is 2.97. The summed E-state index contributed by atoms with van der Waals surface area (Å²) in [5.74, 6) is -0.101. The Hall–Kier alpha value is -1.98. The standard InChI is InChI=1S/C12H10.C10H16O4S/c1-3-7-11(8-4-1)12-9-5-2-6-10-12;1-9(2)7-3-4-10(9,8(11)5-7)6-15(12,13)14/h1-10H;7H,3-6H2,1-2H3,(H,12,13,14). The van der Waals surface area contributed by atoms with E-state index >= 15 is 0 Å². The lowest BCUT2D eigenvalue weighted by atomic mass is 9.70. The molecule has 2 bridgehead atoms. The Bertz CT molecular complexity index is 866. The van der Waals surface area contributed by atoms with Crippen LogP contribution < -0.4 is 0 Å². The molecule has 0 aliphatic heterocycles. The third kappa shape index (κ3) is 3.85. The molecule has 144 valence electrons. The fourth-order valence-corrected chi connectivity index (χ4v) is 5.98. The molecule has 2 aliphatic carbocycles. The summed E-state index contributed by atoms with van der Waals surface area (Å²) in [6, 6.07) is 20.8. The van der Waals surface area contributed by atoms with Crippen molar-refractivity contribution < 1.29 is 17.8 Å². The predicted octanol–water partition coefficient (Wildman–Crippen LogP) is 4.62. The summed E-state index contributed by atoms with van der Waals surface area (Å²) >= 11 is 0. The number of hydrogen-bond donors (Lipinski definition) is 1. The first-order valence-electron chi connectivity index (χ1n) is 9.25. The number of carbonyl (C=O) groups excluding carboxylic acids is 1. The SMILES string of the molecule is CC1(C)C2CCC1(CS(=O)(=O)O)C(=O)C2.c1ccc(-c2ccccc2)cc1. The van der Waals surface area contributed by atoms with Gasteiger partial charge in [-0.05, 0) is 35.3 Å². The van der Waals surface area contributed by atoms with Crippen LogP contribution in [0.4, 0.5) is 0 Å². The lowest BCUT2D eigenvalue weighted by Gasteiger charge is -2.35. The van der Waals surface area contributed by atoms with Crippen molar-refractivity contribution in [3.8, 4) is 11.1 Å². The molecule has 0 radical (unpaired) electrons. The number of benzene rings is 2. The molecule has 2 unspecified atom stereocenters. The number of ketones is 1. The van der Waals surface area contributed by atoms with Gasteiger partial charge in [-0.25, -0.2) is 0 Å². The molecule has 2 aromatic rings. The molecule has 27 heavy (non-hydrogen) atoms. The number of rotatable bonds is 3. The summed E-state index contributed by atoms with van der Waals surface area (Å²) in [4.78, 5) is 11.9. The van der Waals surface area contributed by atoms with E-state index in [9.17, 15) is 13.2 Å². The first-order chi connectivity index (χ1) is 12.7. The monoisotopic (exact) mass is 386 g/mol. The molecule has 0 spiro atoms. The topological polar surface area (TPSA) is 71.4 Å². The average molecular weight is 387 g/mol. The summed E-state index contributed by atoms with van der Waals surface area (Å²) in [5.41, 5.74) is 1.43. The maximum atomic E-state index is 11.9. The van der Waals surface area contributed by atoms with Crippen molar-refractivity contribution in [3.63, 3.8) is 0 Å². The largest absolute Gasteiger partial charge is 0.299 e. The lowest BCUT2D eigenvalue weighted by molar-refractivity contribution is -0.128. The van der Waals surface area contributed by atoms with Crippen molar-refractivity contribution in [3.05, 3.63) is 60.7 Å². The first kappa shape index (κ1) is 19.8. The van der Waals surface area contributed by atoms with Gasteiger partial charge in [0.2, 0.25) is 0 Å². The second-order valence-corrected chi connectivity index (χ2v) is 9.58. The zero-order valence-electron chi connectivity index (χ0n) is 15.8. The highest BCUT2D eigenvalue weighted by atomic mass is 32.2. The second-order valence-electron chi connectivity index (χ2n) is 8.12. The number of hydrogen-bond acceptors (Lipinski definition) is 3. The molecule has 2 atom stereocenters. The summed E-state index contributed by atoms with van der Waals surface area (Å²) in [6.45, 7) is 3.89. The van der Waals surface area contributed by atoms with Gasteiger partial charge in [0.15, 0.2) is 0 Å². The molecular weight excluding hydrogens is 360 g/mol. The minimum Gasteiger partial charge on any atom is -0.299 e. The summed E-state index contributed by atoms with van der Waals surface area (Å²) < 4.78 is 31.0. The van der Waals surface area contributed by atoms with Crippen molar-refractivity contribution >= 4 is 15.9 Å². The number of Topliss-reactive ketones (excluding diaryl/α,β-unsaturated/α-hetero) is 1. The maximum absolute atomic E-state index is 11.9. The lowest BCUT2D eigenvalue weighted by Crippen LogP contribution is -2.42. The molecule has 2 fully saturated rings. The van der Waals surface area contributed by atoms with E-state index in [-0.39, 0.29) is 17.1 Å². The molecule has 4 nitrogen and oxygen atoms in total. The fourth-order valence-electron chi connectivity index (χ4n) is 4.68. The zero-order chi connectivity index (χ0) is 19.7. The van der Waals surface area contributed by atoms with Crippen LogP contribution in [-0.2, 0) is 14.9 Å². The van der Waals surface area contributed by atoms with Gasteiger partial charge in [0.05, 0.1) is 11.2 Å². The van der Waals surface area contributed by atoms with Crippen molar-refractivity contribution in [2.45, 2.75) is 33.1 Å². The van der Waals surface area contributed by atoms with E-state index in [0.29, 0.717) is 12.8 Å². The summed E-state index contributed by atoms with van der Waals surface area (Å²) in [5, 5.41) is 0. The predicted molar refractivity (Wildman–Crippen MR) is 107 cm³/mol. The van der Waals surface area contributed by atoms with E-state index in [4.69, 9.17) is 4.55 Å². The smallest absolute Gasteiger partial charge is 0.265 e. The van der Waals surface area contributed by atoms with Crippen molar-refractivity contribution in [2.75, 3.05) is 5.75 Å². The van der Waals surface area contributed by atoms with Crippen LogP contribution in [-0.4, -0.2) is 24.5 Å². The molecule has 2 aromatic carbocycles. The van der Waals surface area contributed by atoms with E-state index in [1.807, 2.05) is 26.0 Å². The molecule has 4 rings (SSSR count). The number of carbonyl (C=O) groups is 1. The van der Waals surface area contributed by atoms with Gasteiger partial charge < -0.3 is 0 Å². The van der Waals surface area contributed by atoms with Crippen molar-refractivity contribution in [1.29, 1.82) is 0 Å². The van der Waals surface area contributed by atoms with Gasteiger partial charge in [-0.15, -0.1) is 0 Å². The highest BCUT2D eigenvalue weighted by molar-refractivity contribution is 7.85. The molecule has 2 saturated carbocycles. The van der Waals surface area contributed by atoms with Gasteiger partial charge in [0.1, 0.15) is 5.78 Å². The Morgan fingerprint density at radius 2 is 1.44 bits per heavy atom. The van der Waals surface area contributed by atoms with Gasteiger partial charge in [0, 0.05) is 6.42 Å². The van der Waals surface area contributed by atoms with Crippen LogP contribution in [0.15, 0.2) is 60.7 Å². The Morgan fingerprint density at radius 3 is 1.78 bits per heavy atom. The van der Waals surface area contributed by atoms with Crippen molar-refractivity contribution in [1.82, 2.24) is 0 Å². The van der Waals surface area contributed by atoms with E-state index in [2.05, 4.69) is 48.5 Å². The molecule has 1 N–H and O–H groups in total. The van der Waals surface area contributed by atoms with Crippen LogP contribution in [0.25, 0.3) is 11.1 Å². The molecule has 5 heteroatoms. The second kappa shape index (κ2) is 7.21. The Morgan fingerprint density at radius 1 is 0.963 bits per heavy atom. The highest BCUT2D eigenvalue weighted by Gasteiger charge is 2.65. The molecule has 2 aliphatic rings. The summed E-state index contributed by atoms with van der Waals surface area (Å²) in [7, 11) is -4.08. The van der Waals surface area contributed by atoms with Crippen molar-refractivity contribution in [2.24, 2.45) is 16.7 Å². The minimum atomic E-state index is -4.08. The van der Waals surface area contributed by atoms with Gasteiger partial charge in [-0.2, -0.15) is 8.42 Å². The third-order valence-electron chi connectivity index (χ3n) is 6.45. The van der Waals surface area contributed by atoms with Gasteiger partial charge in [-0.3, -0.25) is 9.35 Å². The molecular formula is C22H26O4S. The van der Waals surface area contributed by atoms with Crippen LogP contribution in [0, 0.1) is 16.7 Å². The van der Waals surface area contributed by atoms with E-state index in [1.54, 1.807) is 0 Å². The van der Waals surface area contributed by atoms with Crippen LogP contribution in [0.2, 0.25) is 0 Å². The van der Waals surface area contributed by atoms with E-state index in [0.717, 1.165) is 6.42 Å². The molecule has 0 amide bonds.